The van der Waals surface area contributed by atoms with Gasteiger partial charge in [-0.25, -0.2) is 9.98 Å². The van der Waals surface area contributed by atoms with Crippen molar-refractivity contribution in [1.29, 1.82) is 0 Å². The lowest BCUT2D eigenvalue weighted by atomic mass is 9.92. The van der Waals surface area contributed by atoms with Gasteiger partial charge >= 0.3 is 0 Å². The van der Waals surface area contributed by atoms with Crippen LogP contribution in [0, 0.1) is 6.92 Å². The Bertz CT molecular complexity index is 1210. The number of fused-ring (bicyclic) bond motifs is 1. The normalized spacial score (nSPS) is 17.4. The number of pyridine rings is 1. The lowest BCUT2D eigenvalue weighted by Gasteiger charge is -2.17. The van der Waals surface area contributed by atoms with Gasteiger partial charge in [-0.1, -0.05) is 34.1 Å². The third-order valence-electron chi connectivity index (χ3n) is 5.90. The average Bonchev–Trinajstić information content (AvgIpc) is 3.47. The van der Waals surface area contributed by atoms with E-state index in [1.165, 1.54) is 16.7 Å². The summed E-state index contributed by atoms with van der Waals surface area (Å²) < 4.78 is 5.38. The van der Waals surface area contributed by atoms with E-state index < -0.39 is 0 Å². The van der Waals surface area contributed by atoms with E-state index in [1.807, 2.05) is 6.92 Å². The number of hydrogen-bond acceptors (Lipinski definition) is 8. The number of aromatic amines is 1. The van der Waals surface area contributed by atoms with Gasteiger partial charge in [-0.05, 0) is 55.4 Å². The van der Waals surface area contributed by atoms with Crippen molar-refractivity contribution in [3.8, 4) is 5.88 Å². The molecule has 0 fully saturated rings. The summed E-state index contributed by atoms with van der Waals surface area (Å²) in [7, 11) is 0. The molecule has 10 heteroatoms. The number of tetrazole rings is 1. The van der Waals surface area contributed by atoms with Gasteiger partial charge in [-0.3, -0.25) is 0 Å². The summed E-state index contributed by atoms with van der Waals surface area (Å²) >= 11 is 6.24. The molecular formula is C22H22ClN7O2. The topological polar surface area (TPSA) is 111 Å². The summed E-state index contributed by atoms with van der Waals surface area (Å²) in [6.45, 7) is 4.94. The number of nitrogens with one attached hydrogen (secondary N) is 1. The first-order chi connectivity index (χ1) is 15.6. The molecule has 2 aliphatic rings. The Morgan fingerprint density at radius 2 is 2.22 bits per heavy atom. The first kappa shape index (κ1) is 20.6. The number of hydrogen-bond donors (Lipinski definition) is 1. The quantitative estimate of drug-likeness (QED) is 0.614. The van der Waals surface area contributed by atoms with Crippen LogP contribution in [0.5, 0.6) is 5.88 Å². The number of aliphatic imine (C=N–C) groups is 1. The molecule has 5 rings (SSSR count). The maximum atomic E-state index is 6.24. The molecule has 3 aromatic rings. The van der Waals surface area contributed by atoms with Crippen LogP contribution in [-0.2, 0) is 17.7 Å². The van der Waals surface area contributed by atoms with Gasteiger partial charge in [-0.15, -0.1) is 10.2 Å². The van der Waals surface area contributed by atoms with Crippen molar-refractivity contribution >= 4 is 23.2 Å². The second kappa shape index (κ2) is 8.66. The number of halogens is 1. The summed E-state index contributed by atoms with van der Waals surface area (Å²) in [5.74, 6) is 1.94. The maximum absolute atomic E-state index is 6.24. The lowest BCUT2D eigenvalue weighted by molar-refractivity contribution is 0.320. The van der Waals surface area contributed by atoms with Gasteiger partial charge in [0.05, 0.1) is 18.7 Å². The minimum absolute atomic E-state index is 0.393. The highest BCUT2D eigenvalue weighted by Gasteiger charge is 2.27. The minimum atomic E-state index is 0.393. The molecule has 0 saturated carbocycles. The second-order valence-corrected chi connectivity index (χ2v) is 8.18. The predicted octanol–water partition coefficient (Wildman–Crippen LogP) is 3.41. The zero-order valence-corrected chi connectivity index (χ0v) is 18.6. The maximum Gasteiger partial charge on any atom is 0.253 e. The van der Waals surface area contributed by atoms with Crippen molar-refractivity contribution in [2.75, 3.05) is 13.2 Å². The van der Waals surface area contributed by atoms with Gasteiger partial charge in [0, 0.05) is 18.2 Å². The standard InChI is InChI=1S/C22H22ClN7O2/c1-3-31-22-18(23)8-14(10-24-22)21-25-11-19(28-32-21)16-6-7-17-13(4-5-15(17)12(16)2)9-20-26-29-30-27-20/h6-8,10,13H,3-5,9,11H2,1-2H3,(H,26,27,29,30). The molecule has 0 bridgehead atoms. The Morgan fingerprint density at radius 3 is 2.94 bits per heavy atom. The van der Waals surface area contributed by atoms with E-state index in [-0.39, 0.29) is 0 Å². The zero-order chi connectivity index (χ0) is 22.1. The van der Waals surface area contributed by atoms with E-state index in [2.05, 4.69) is 54.8 Å². The van der Waals surface area contributed by atoms with Gasteiger partial charge in [0.15, 0.2) is 5.82 Å². The lowest BCUT2D eigenvalue weighted by Crippen LogP contribution is -2.19. The highest BCUT2D eigenvalue weighted by atomic mass is 35.5. The number of benzene rings is 1. The van der Waals surface area contributed by atoms with E-state index >= 15 is 0 Å². The highest BCUT2D eigenvalue weighted by molar-refractivity contribution is 6.32. The molecule has 0 spiro atoms. The molecule has 164 valence electrons. The molecular weight excluding hydrogens is 430 g/mol. The summed E-state index contributed by atoms with van der Waals surface area (Å²) in [6, 6.07) is 6.03. The number of H-pyrrole nitrogens is 1. The molecule has 1 aromatic carbocycles. The Kier molecular flexibility index (Phi) is 5.57. The fourth-order valence-corrected chi connectivity index (χ4v) is 4.57. The highest BCUT2D eigenvalue weighted by Crippen LogP contribution is 2.38. The van der Waals surface area contributed by atoms with E-state index in [1.54, 1.807) is 12.3 Å². The van der Waals surface area contributed by atoms with Crippen molar-refractivity contribution in [3.63, 3.8) is 0 Å². The van der Waals surface area contributed by atoms with Gasteiger partial charge in [-0.2, -0.15) is 5.21 Å². The molecule has 1 atom stereocenters. The van der Waals surface area contributed by atoms with E-state index in [4.69, 9.17) is 21.2 Å². The van der Waals surface area contributed by atoms with Crippen LogP contribution in [0.3, 0.4) is 0 Å². The van der Waals surface area contributed by atoms with Crippen LogP contribution in [-0.4, -0.2) is 50.4 Å². The fourth-order valence-electron chi connectivity index (χ4n) is 4.35. The van der Waals surface area contributed by atoms with Gasteiger partial charge in [0.2, 0.25) is 5.88 Å². The van der Waals surface area contributed by atoms with Crippen molar-refractivity contribution in [3.05, 3.63) is 63.1 Å². The molecule has 1 aliphatic heterocycles. The Balaban J connectivity index is 1.33. The second-order valence-electron chi connectivity index (χ2n) is 7.77. The van der Waals surface area contributed by atoms with Crippen LogP contribution in [0.25, 0.3) is 0 Å². The summed E-state index contributed by atoms with van der Waals surface area (Å²) in [6.07, 6.45) is 4.51. The molecule has 0 saturated heterocycles. The number of nitrogens with zero attached hydrogens (tertiary/aromatic N) is 6. The van der Waals surface area contributed by atoms with Gasteiger partial charge in [0.25, 0.3) is 5.90 Å². The zero-order valence-electron chi connectivity index (χ0n) is 17.8. The molecule has 3 heterocycles. The minimum Gasteiger partial charge on any atom is -0.477 e. The third kappa shape index (κ3) is 3.84. The fraction of sp³-hybridized carbons (Fsp3) is 0.364. The number of rotatable bonds is 6. The molecule has 0 amide bonds. The Labute approximate surface area is 189 Å². The van der Waals surface area contributed by atoms with Crippen LogP contribution in [0.15, 0.2) is 34.5 Å². The largest absolute Gasteiger partial charge is 0.477 e. The first-order valence-corrected chi connectivity index (χ1v) is 10.9. The van der Waals surface area contributed by atoms with Crippen LogP contribution in [0.4, 0.5) is 0 Å². The molecule has 1 unspecified atom stereocenters. The molecule has 1 aliphatic carbocycles. The summed E-state index contributed by atoms with van der Waals surface area (Å²) in [5.41, 5.74) is 6.49. The van der Waals surface area contributed by atoms with Crippen LogP contribution in [0.1, 0.15) is 52.9 Å². The number of oxime groups is 1. The van der Waals surface area contributed by atoms with E-state index in [0.717, 1.165) is 36.4 Å². The van der Waals surface area contributed by atoms with Gasteiger partial charge < -0.3 is 9.57 Å². The average molecular weight is 452 g/mol. The summed E-state index contributed by atoms with van der Waals surface area (Å²) in [4.78, 5) is 14.4. The van der Waals surface area contributed by atoms with Crippen molar-refractivity contribution in [2.45, 2.75) is 39.0 Å². The Hall–Kier alpha value is -3.33. The van der Waals surface area contributed by atoms with Crippen molar-refractivity contribution in [1.82, 2.24) is 25.6 Å². The predicted molar refractivity (Wildman–Crippen MR) is 120 cm³/mol. The smallest absolute Gasteiger partial charge is 0.253 e. The SMILES string of the molecule is CCOc1ncc(C2=NCC(c3ccc4c(c3C)CCC4Cc3nn[nH]n3)=NO2)cc1Cl. The molecule has 2 aromatic heterocycles. The molecule has 1 N–H and O–H groups in total. The van der Waals surface area contributed by atoms with Crippen LogP contribution < -0.4 is 4.74 Å². The molecule has 32 heavy (non-hydrogen) atoms. The van der Waals surface area contributed by atoms with Crippen molar-refractivity contribution < 1.29 is 9.57 Å². The van der Waals surface area contributed by atoms with Gasteiger partial charge in [0.1, 0.15) is 10.7 Å². The summed E-state index contributed by atoms with van der Waals surface area (Å²) in [5, 5.41) is 19.2. The van der Waals surface area contributed by atoms with Crippen LogP contribution in [0.2, 0.25) is 5.02 Å². The molecule has 9 nitrogen and oxygen atoms in total. The first-order valence-electron chi connectivity index (χ1n) is 10.6. The Morgan fingerprint density at radius 1 is 1.31 bits per heavy atom. The van der Waals surface area contributed by atoms with Crippen molar-refractivity contribution in [2.24, 2.45) is 10.1 Å². The number of aromatic nitrogens is 5. The monoisotopic (exact) mass is 451 g/mol. The van der Waals surface area contributed by atoms with E-state index in [9.17, 15) is 0 Å². The third-order valence-corrected chi connectivity index (χ3v) is 6.17. The van der Waals surface area contributed by atoms with E-state index in [0.29, 0.717) is 41.4 Å². The number of ether oxygens (including phenoxy) is 1. The van der Waals surface area contributed by atoms with Crippen LogP contribution >= 0.6 is 11.6 Å². The molecule has 0 radical (unpaired) electrons.